The number of azide groups is 1. The van der Waals surface area contributed by atoms with Gasteiger partial charge in [-0.25, -0.2) is 4.98 Å². The first-order chi connectivity index (χ1) is 6.74. The van der Waals surface area contributed by atoms with Crippen LogP contribution in [0.2, 0.25) is 5.02 Å². The average molecular weight is 210 g/mol. The number of rotatable bonds is 3. The maximum Gasteiger partial charge on any atom is 0.124 e. The minimum absolute atomic E-state index is 0.289. The first-order valence-corrected chi connectivity index (χ1v) is 4.20. The summed E-state index contributed by atoms with van der Waals surface area (Å²) in [6.07, 6.45) is 4.98. The molecule has 72 valence electrons. The van der Waals surface area contributed by atoms with E-state index in [4.69, 9.17) is 22.9 Å². The van der Waals surface area contributed by atoms with Crippen LogP contribution < -0.4 is 5.73 Å². The van der Waals surface area contributed by atoms with Crippen molar-refractivity contribution in [1.29, 1.82) is 0 Å². The summed E-state index contributed by atoms with van der Waals surface area (Å²) in [6.45, 7) is 0.289. The Hall–Kier alpha value is -1.71. The van der Waals surface area contributed by atoms with Crippen LogP contribution in [0.15, 0.2) is 23.5 Å². The molecule has 0 unspecified atom stereocenters. The Morgan fingerprint density at radius 2 is 2.50 bits per heavy atom. The molecule has 0 atom stereocenters. The number of halogens is 1. The molecule has 2 N–H and O–H groups in total. The van der Waals surface area contributed by atoms with E-state index in [9.17, 15) is 0 Å². The van der Waals surface area contributed by atoms with Crippen molar-refractivity contribution in [1.82, 2.24) is 4.98 Å². The van der Waals surface area contributed by atoms with Crippen LogP contribution in [0.25, 0.3) is 16.5 Å². The molecule has 0 saturated heterocycles. The summed E-state index contributed by atoms with van der Waals surface area (Å²) in [7, 11) is 0. The molecular formula is C8H8ClN5. The monoisotopic (exact) mass is 209 g/mol. The van der Waals surface area contributed by atoms with Gasteiger partial charge in [-0.1, -0.05) is 28.9 Å². The van der Waals surface area contributed by atoms with Gasteiger partial charge in [0.25, 0.3) is 0 Å². The van der Waals surface area contributed by atoms with Crippen molar-refractivity contribution in [2.24, 2.45) is 5.11 Å². The van der Waals surface area contributed by atoms with Crippen LogP contribution in [-0.2, 0) is 0 Å². The number of pyridine rings is 1. The topological polar surface area (TPSA) is 87.7 Å². The van der Waals surface area contributed by atoms with E-state index < -0.39 is 0 Å². The summed E-state index contributed by atoms with van der Waals surface area (Å²) in [4.78, 5) is 6.49. The van der Waals surface area contributed by atoms with Gasteiger partial charge in [0.2, 0.25) is 0 Å². The van der Waals surface area contributed by atoms with E-state index in [2.05, 4.69) is 15.0 Å². The Morgan fingerprint density at radius 3 is 3.14 bits per heavy atom. The second-order valence-electron chi connectivity index (χ2n) is 2.45. The molecule has 0 aliphatic heterocycles. The van der Waals surface area contributed by atoms with Crippen molar-refractivity contribution in [2.45, 2.75) is 0 Å². The highest BCUT2D eigenvalue weighted by Gasteiger charge is 1.96. The summed E-state index contributed by atoms with van der Waals surface area (Å²) >= 11 is 5.87. The first kappa shape index (κ1) is 10.4. The molecule has 0 amide bonds. The fourth-order valence-corrected chi connectivity index (χ4v) is 1.07. The lowest BCUT2D eigenvalue weighted by Crippen LogP contribution is -1.89. The van der Waals surface area contributed by atoms with Crippen LogP contribution in [-0.4, -0.2) is 11.5 Å². The zero-order valence-corrected chi connectivity index (χ0v) is 8.02. The van der Waals surface area contributed by atoms with Gasteiger partial charge in [-0.2, -0.15) is 0 Å². The van der Waals surface area contributed by atoms with Crippen LogP contribution in [0.3, 0.4) is 0 Å². The summed E-state index contributed by atoms with van der Waals surface area (Å²) in [5, 5.41) is 3.86. The number of aromatic nitrogens is 1. The lowest BCUT2D eigenvalue weighted by atomic mass is 10.2. The van der Waals surface area contributed by atoms with E-state index in [0.29, 0.717) is 10.8 Å². The van der Waals surface area contributed by atoms with Crippen molar-refractivity contribution < 1.29 is 0 Å². The lowest BCUT2D eigenvalue weighted by Gasteiger charge is -1.97. The SMILES string of the molecule is [N-]=[N+]=NCC=Cc1cnc(N)cc1Cl. The molecule has 1 aromatic heterocycles. The highest BCUT2D eigenvalue weighted by molar-refractivity contribution is 6.32. The zero-order valence-electron chi connectivity index (χ0n) is 7.26. The molecular weight excluding hydrogens is 202 g/mol. The summed E-state index contributed by atoms with van der Waals surface area (Å²) in [5.41, 5.74) is 14.2. The third-order valence-electron chi connectivity index (χ3n) is 1.45. The molecule has 0 spiro atoms. The molecule has 0 bridgehead atoms. The van der Waals surface area contributed by atoms with Gasteiger partial charge in [-0.05, 0) is 11.6 Å². The Morgan fingerprint density at radius 1 is 1.71 bits per heavy atom. The summed E-state index contributed by atoms with van der Waals surface area (Å²) in [6, 6.07) is 1.56. The predicted octanol–water partition coefficient (Wildman–Crippen LogP) is 2.64. The molecule has 0 aliphatic carbocycles. The normalized spacial score (nSPS) is 10.1. The zero-order chi connectivity index (χ0) is 10.4. The Labute approximate surface area is 85.8 Å². The molecule has 0 fully saturated rings. The summed E-state index contributed by atoms with van der Waals surface area (Å²) < 4.78 is 0. The smallest absolute Gasteiger partial charge is 0.124 e. The van der Waals surface area contributed by atoms with Gasteiger partial charge in [0.1, 0.15) is 5.82 Å². The second-order valence-corrected chi connectivity index (χ2v) is 2.85. The minimum Gasteiger partial charge on any atom is -0.384 e. The van der Waals surface area contributed by atoms with Crippen LogP contribution in [0.4, 0.5) is 5.82 Å². The Kier molecular flexibility index (Phi) is 3.79. The van der Waals surface area contributed by atoms with Gasteiger partial charge < -0.3 is 5.73 Å². The van der Waals surface area contributed by atoms with E-state index in [-0.39, 0.29) is 6.54 Å². The Bertz CT molecular complexity index is 395. The van der Waals surface area contributed by atoms with E-state index >= 15 is 0 Å². The van der Waals surface area contributed by atoms with E-state index in [1.54, 1.807) is 24.4 Å². The standard InChI is InChI=1S/C8H8ClN5/c9-7-4-8(10)12-5-6(7)2-1-3-13-14-11/h1-2,4-5H,3H2,(H2,10,12). The molecule has 1 aromatic rings. The predicted molar refractivity (Wildman–Crippen MR) is 56.7 cm³/mol. The maximum atomic E-state index is 8.02. The first-order valence-electron chi connectivity index (χ1n) is 3.82. The summed E-state index contributed by atoms with van der Waals surface area (Å²) in [5.74, 6) is 0.377. The largest absolute Gasteiger partial charge is 0.384 e. The van der Waals surface area contributed by atoms with Crippen molar-refractivity contribution in [3.63, 3.8) is 0 Å². The van der Waals surface area contributed by atoms with E-state index in [1.165, 1.54) is 0 Å². The number of anilines is 1. The minimum atomic E-state index is 0.289. The van der Waals surface area contributed by atoms with Crippen molar-refractivity contribution in [2.75, 3.05) is 12.3 Å². The van der Waals surface area contributed by atoms with Gasteiger partial charge >= 0.3 is 0 Å². The van der Waals surface area contributed by atoms with Crippen molar-refractivity contribution in [3.8, 4) is 0 Å². The molecule has 0 saturated carbocycles. The molecule has 0 radical (unpaired) electrons. The number of nitrogens with zero attached hydrogens (tertiary/aromatic N) is 4. The van der Waals surface area contributed by atoms with Gasteiger partial charge in [0, 0.05) is 23.2 Å². The lowest BCUT2D eigenvalue weighted by molar-refractivity contribution is 1.22. The number of nitrogen functional groups attached to an aromatic ring is 1. The fraction of sp³-hybridized carbons (Fsp3) is 0.125. The molecule has 5 nitrogen and oxygen atoms in total. The molecule has 6 heteroatoms. The quantitative estimate of drug-likeness (QED) is 0.471. The molecule has 0 aromatic carbocycles. The third-order valence-corrected chi connectivity index (χ3v) is 1.78. The average Bonchev–Trinajstić information content (AvgIpc) is 2.15. The highest BCUT2D eigenvalue weighted by atomic mass is 35.5. The van der Waals surface area contributed by atoms with E-state index in [1.807, 2.05) is 0 Å². The van der Waals surface area contributed by atoms with Gasteiger partial charge in [-0.15, -0.1) is 0 Å². The van der Waals surface area contributed by atoms with Crippen LogP contribution in [0.1, 0.15) is 5.56 Å². The van der Waals surface area contributed by atoms with Crippen LogP contribution in [0.5, 0.6) is 0 Å². The second kappa shape index (κ2) is 5.11. The maximum absolute atomic E-state index is 8.02. The van der Waals surface area contributed by atoms with Crippen molar-refractivity contribution >= 4 is 23.5 Å². The van der Waals surface area contributed by atoms with Crippen LogP contribution in [0, 0.1) is 0 Å². The Balaban J connectivity index is 2.76. The molecule has 1 rings (SSSR count). The fourth-order valence-electron chi connectivity index (χ4n) is 0.842. The van der Waals surface area contributed by atoms with Gasteiger partial charge in [0.05, 0.1) is 5.02 Å². The van der Waals surface area contributed by atoms with Crippen molar-refractivity contribution in [3.05, 3.63) is 39.4 Å². The molecule has 1 heterocycles. The van der Waals surface area contributed by atoms with Crippen LogP contribution >= 0.6 is 11.6 Å². The third kappa shape index (κ3) is 2.97. The molecule has 0 aliphatic rings. The number of hydrogen-bond acceptors (Lipinski definition) is 3. The van der Waals surface area contributed by atoms with Gasteiger partial charge in [-0.3, -0.25) is 0 Å². The van der Waals surface area contributed by atoms with Gasteiger partial charge in [0.15, 0.2) is 0 Å². The van der Waals surface area contributed by atoms with E-state index in [0.717, 1.165) is 5.56 Å². The molecule has 14 heavy (non-hydrogen) atoms. The highest BCUT2D eigenvalue weighted by Crippen LogP contribution is 2.17. The number of nitrogens with two attached hydrogens (primary N) is 1. The number of hydrogen-bond donors (Lipinski definition) is 1.